The predicted octanol–water partition coefficient (Wildman–Crippen LogP) is 3.06. The summed E-state index contributed by atoms with van der Waals surface area (Å²) in [7, 11) is 1.35. The molecular weight excluding hydrogens is 328 g/mol. The van der Waals surface area contributed by atoms with Crippen molar-refractivity contribution in [3.8, 4) is 5.75 Å². The number of non-ortho nitro benzene ring substituents is 1. The Hall–Kier alpha value is -2.64. The predicted molar refractivity (Wildman–Crippen MR) is 90.4 cm³/mol. The molecule has 1 saturated carbocycles. The van der Waals surface area contributed by atoms with Gasteiger partial charge in [0.05, 0.1) is 23.8 Å². The van der Waals surface area contributed by atoms with Gasteiger partial charge in [0.1, 0.15) is 5.75 Å². The molecule has 0 aromatic heterocycles. The summed E-state index contributed by atoms with van der Waals surface area (Å²) < 4.78 is 10.0. The zero-order valence-electron chi connectivity index (χ0n) is 14.2. The molecule has 0 atom stereocenters. The molecular formula is C17H22N2O6. The lowest BCUT2D eigenvalue weighted by atomic mass is 10.0. The first-order valence-electron chi connectivity index (χ1n) is 8.27. The third-order valence-electron chi connectivity index (χ3n) is 4.27. The van der Waals surface area contributed by atoms with Crippen LogP contribution in [0.3, 0.4) is 0 Å². The maximum atomic E-state index is 11.9. The van der Waals surface area contributed by atoms with Gasteiger partial charge in [-0.2, -0.15) is 0 Å². The molecule has 0 spiro atoms. The highest BCUT2D eigenvalue weighted by Crippen LogP contribution is 2.29. The van der Waals surface area contributed by atoms with Crippen molar-refractivity contribution in [1.82, 2.24) is 0 Å². The molecule has 0 heterocycles. The molecule has 2 rings (SSSR count). The van der Waals surface area contributed by atoms with E-state index in [-0.39, 0.29) is 17.1 Å². The van der Waals surface area contributed by atoms with Crippen LogP contribution in [-0.4, -0.2) is 30.5 Å². The molecule has 0 radical (unpaired) electrons. The van der Waals surface area contributed by atoms with Crippen LogP contribution < -0.4 is 10.1 Å². The van der Waals surface area contributed by atoms with Crippen LogP contribution in [0, 0.1) is 16.0 Å². The van der Waals surface area contributed by atoms with Gasteiger partial charge in [-0.15, -0.1) is 0 Å². The minimum atomic E-state index is -0.555. The van der Waals surface area contributed by atoms with Gasteiger partial charge in [-0.05, 0) is 18.4 Å². The largest absolute Gasteiger partial charge is 0.494 e. The Morgan fingerprint density at radius 1 is 1.32 bits per heavy atom. The lowest BCUT2D eigenvalue weighted by Gasteiger charge is -2.11. The Morgan fingerprint density at radius 2 is 2.04 bits per heavy atom. The quantitative estimate of drug-likeness (QED) is 0.438. The number of esters is 1. The number of nitrogens with one attached hydrogen (secondary N) is 1. The van der Waals surface area contributed by atoms with Crippen molar-refractivity contribution in [2.45, 2.75) is 38.5 Å². The molecule has 1 aromatic carbocycles. The summed E-state index contributed by atoms with van der Waals surface area (Å²) in [6.45, 7) is -0.399. The number of ether oxygens (including phenoxy) is 2. The monoisotopic (exact) mass is 350 g/mol. The summed E-state index contributed by atoms with van der Waals surface area (Å²) in [4.78, 5) is 33.8. The Balaban J connectivity index is 1.79. The van der Waals surface area contributed by atoms with Gasteiger partial charge in [0.2, 0.25) is 0 Å². The smallest absolute Gasteiger partial charge is 0.306 e. The van der Waals surface area contributed by atoms with E-state index in [1.54, 1.807) is 0 Å². The van der Waals surface area contributed by atoms with Crippen molar-refractivity contribution in [3.05, 3.63) is 28.3 Å². The minimum Gasteiger partial charge on any atom is -0.494 e. The lowest BCUT2D eigenvalue weighted by molar-refractivity contribution is -0.384. The number of nitro benzene ring substituents is 1. The van der Waals surface area contributed by atoms with E-state index in [0.717, 1.165) is 19.3 Å². The molecule has 0 unspecified atom stereocenters. The molecule has 25 heavy (non-hydrogen) atoms. The zero-order valence-corrected chi connectivity index (χ0v) is 14.2. The van der Waals surface area contributed by atoms with Crippen molar-refractivity contribution in [3.63, 3.8) is 0 Å². The van der Waals surface area contributed by atoms with E-state index in [1.165, 1.54) is 38.2 Å². The maximum absolute atomic E-state index is 11.9. The number of carbonyl (C=O) groups excluding carboxylic acids is 2. The lowest BCUT2D eigenvalue weighted by Crippen LogP contribution is -2.21. The molecule has 1 fully saturated rings. The maximum Gasteiger partial charge on any atom is 0.306 e. The van der Waals surface area contributed by atoms with Crippen LogP contribution in [-0.2, 0) is 14.3 Å². The van der Waals surface area contributed by atoms with E-state index in [4.69, 9.17) is 9.47 Å². The Morgan fingerprint density at radius 3 is 2.68 bits per heavy atom. The fourth-order valence-corrected chi connectivity index (χ4v) is 2.92. The van der Waals surface area contributed by atoms with Crippen molar-refractivity contribution in [2.75, 3.05) is 19.0 Å². The third kappa shape index (κ3) is 5.74. The standard InChI is InChI=1S/C17H22N2O6/c1-24-15-10-13(19(22)23)7-8-14(15)18-16(20)11-25-17(21)9-6-12-4-2-3-5-12/h7-8,10,12H,2-6,9,11H2,1H3,(H,18,20). The van der Waals surface area contributed by atoms with Crippen LogP contribution in [0.15, 0.2) is 18.2 Å². The molecule has 0 aliphatic heterocycles. The van der Waals surface area contributed by atoms with Crippen molar-refractivity contribution in [2.24, 2.45) is 5.92 Å². The van der Waals surface area contributed by atoms with E-state index in [2.05, 4.69) is 5.32 Å². The number of methoxy groups -OCH3 is 1. The second kappa shape index (κ2) is 9.00. The number of nitrogens with zero attached hydrogens (tertiary/aromatic N) is 1. The fraction of sp³-hybridized carbons (Fsp3) is 0.529. The Bertz CT molecular complexity index is 640. The minimum absolute atomic E-state index is 0.145. The number of nitro groups is 1. The van der Waals surface area contributed by atoms with E-state index < -0.39 is 23.4 Å². The first-order chi connectivity index (χ1) is 12.0. The van der Waals surface area contributed by atoms with Gasteiger partial charge in [0, 0.05) is 12.5 Å². The van der Waals surface area contributed by atoms with Gasteiger partial charge < -0.3 is 14.8 Å². The van der Waals surface area contributed by atoms with Gasteiger partial charge in [-0.3, -0.25) is 19.7 Å². The van der Waals surface area contributed by atoms with Crippen molar-refractivity contribution in [1.29, 1.82) is 0 Å². The topological polar surface area (TPSA) is 108 Å². The second-order valence-electron chi connectivity index (χ2n) is 6.04. The number of hydrogen-bond donors (Lipinski definition) is 1. The number of anilines is 1. The molecule has 8 heteroatoms. The van der Waals surface area contributed by atoms with Gasteiger partial charge in [-0.25, -0.2) is 0 Å². The van der Waals surface area contributed by atoms with E-state index in [0.29, 0.717) is 12.3 Å². The molecule has 1 N–H and O–H groups in total. The van der Waals surface area contributed by atoms with Gasteiger partial charge in [0.15, 0.2) is 6.61 Å². The molecule has 8 nitrogen and oxygen atoms in total. The summed E-state index contributed by atoms with van der Waals surface area (Å²) >= 11 is 0. The number of amides is 1. The number of carbonyl (C=O) groups is 2. The van der Waals surface area contributed by atoms with Crippen LogP contribution in [0.5, 0.6) is 5.75 Å². The molecule has 136 valence electrons. The van der Waals surface area contributed by atoms with E-state index in [9.17, 15) is 19.7 Å². The third-order valence-corrected chi connectivity index (χ3v) is 4.27. The molecule has 1 aromatic rings. The van der Waals surface area contributed by atoms with Crippen LogP contribution in [0.1, 0.15) is 38.5 Å². The highest BCUT2D eigenvalue weighted by molar-refractivity contribution is 5.94. The average Bonchev–Trinajstić information content (AvgIpc) is 3.11. The van der Waals surface area contributed by atoms with Crippen LogP contribution in [0.4, 0.5) is 11.4 Å². The normalized spacial score (nSPS) is 14.1. The Labute approximate surface area is 145 Å². The van der Waals surface area contributed by atoms with Gasteiger partial charge in [0.25, 0.3) is 11.6 Å². The van der Waals surface area contributed by atoms with Crippen LogP contribution in [0.25, 0.3) is 0 Å². The molecule has 1 amide bonds. The number of benzene rings is 1. The highest BCUT2D eigenvalue weighted by Gasteiger charge is 2.18. The van der Waals surface area contributed by atoms with Crippen molar-refractivity contribution < 1.29 is 24.0 Å². The summed E-state index contributed by atoms with van der Waals surface area (Å²) in [6.07, 6.45) is 5.88. The van der Waals surface area contributed by atoms with E-state index >= 15 is 0 Å². The summed E-state index contributed by atoms with van der Waals surface area (Å²) in [5, 5.41) is 13.3. The summed E-state index contributed by atoms with van der Waals surface area (Å²) in [5.41, 5.74) is 0.133. The molecule has 1 aliphatic rings. The molecule has 1 aliphatic carbocycles. The second-order valence-corrected chi connectivity index (χ2v) is 6.04. The van der Waals surface area contributed by atoms with E-state index in [1.807, 2.05) is 0 Å². The van der Waals surface area contributed by atoms with Gasteiger partial charge in [-0.1, -0.05) is 25.7 Å². The van der Waals surface area contributed by atoms with Crippen molar-refractivity contribution >= 4 is 23.3 Å². The SMILES string of the molecule is COc1cc([N+](=O)[O-])ccc1NC(=O)COC(=O)CCC1CCCC1. The molecule has 0 saturated heterocycles. The van der Waals surface area contributed by atoms with Crippen LogP contribution >= 0.6 is 0 Å². The number of hydrogen-bond acceptors (Lipinski definition) is 6. The first-order valence-corrected chi connectivity index (χ1v) is 8.27. The summed E-state index contributed by atoms with van der Waals surface area (Å²) in [5.74, 6) is -0.167. The number of rotatable bonds is 8. The fourth-order valence-electron chi connectivity index (χ4n) is 2.92. The highest BCUT2D eigenvalue weighted by atomic mass is 16.6. The van der Waals surface area contributed by atoms with Gasteiger partial charge >= 0.3 is 5.97 Å². The average molecular weight is 350 g/mol. The summed E-state index contributed by atoms with van der Waals surface area (Å²) in [6, 6.07) is 3.84. The zero-order chi connectivity index (χ0) is 18.2. The van der Waals surface area contributed by atoms with Crippen LogP contribution in [0.2, 0.25) is 0 Å². The first kappa shape index (κ1) is 18.7. The molecule has 0 bridgehead atoms. The Kier molecular flexibility index (Phi) is 6.73.